The first kappa shape index (κ1) is 17.7. The fourth-order valence-corrected chi connectivity index (χ4v) is 2.55. The van der Waals surface area contributed by atoms with Crippen molar-refractivity contribution in [2.75, 3.05) is 18.0 Å². The Bertz CT molecular complexity index is 585. The van der Waals surface area contributed by atoms with Crippen molar-refractivity contribution in [3.05, 3.63) is 50.2 Å². The zero-order chi connectivity index (χ0) is 16.2. The normalized spacial score (nSPS) is 16.1. The predicted octanol–water partition coefficient (Wildman–Crippen LogP) is 5.30. The highest BCUT2D eigenvalue weighted by molar-refractivity contribution is 9.11. The Hall–Kier alpha value is -0.600. The van der Waals surface area contributed by atoms with Gasteiger partial charge in [0.1, 0.15) is 10.4 Å². The van der Waals surface area contributed by atoms with Crippen LogP contribution in [-0.4, -0.2) is 29.0 Å². The molecular weight excluding hydrogens is 488 g/mol. The molecule has 1 saturated heterocycles. The molecule has 118 valence electrons. The lowest BCUT2D eigenvalue weighted by molar-refractivity contribution is 0.0256. The van der Waals surface area contributed by atoms with Gasteiger partial charge in [0.15, 0.2) is 0 Å². The van der Waals surface area contributed by atoms with E-state index in [1.54, 1.807) is 29.4 Å². The van der Waals surface area contributed by atoms with E-state index in [-0.39, 0.29) is 13.0 Å². The lowest BCUT2D eigenvalue weighted by Crippen LogP contribution is -2.25. The van der Waals surface area contributed by atoms with E-state index in [2.05, 4.69) is 57.8 Å². The second kappa shape index (κ2) is 7.79. The Morgan fingerprint density at radius 3 is 2.00 bits per heavy atom. The van der Waals surface area contributed by atoms with E-state index in [9.17, 15) is 8.78 Å². The van der Waals surface area contributed by atoms with Crippen LogP contribution < -0.4 is 4.90 Å². The first-order chi connectivity index (χ1) is 10.4. The van der Waals surface area contributed by atoms with Gasteiger partial charge in [-0.2, -0.15) is 0 Å². The first-order valence-electron chi connectivity index (χ1n) is 6.37. The average Bonchev–Trinajstić information content (AvgIpc) is 2.84. The van der Waals surface area contributed by atoms with Gasteiger partial charge in [-0.05, 0) is 72.1 Å². The van der Waals surface area contributed by atoms with Crippen molar-refractivity contribution < 1.29 is 8.78 Å². The summed E-state index contributed by atoms with van der Waals surface area (Å²) < 4.78 is 28.5. The number of alkyl halides is 2. The number of halogens is 5. The molecule has 2 aromatic heterocycles. The fraction of sp³-hybridized carbons (Fsp3) is 0.286. The molecule has 22 heavy (non-hydrogen) atoms. The van der Waals surface area contributed by atoms with Crippen LogP contribution in [-0.2, 0) is 0 Å². The molecule has 0 atom stereocenters. The maximum atomic E-state index is 12.9. The van der Waals surface area contributed by atoms with Crippen LogP contribution in [0.5, 0.6) is 0 Å². The summed E-state index contributed by atoms with van der Waals surface area (Å²) >= 11 is 9.72. The summed E-state index contributed by atoms with van der Waals surface area (Å²) in [6.07, 6.45) is 3.28. The van der Waals surface area contributed by atoms with Crippen LogP contribution in [0.25, 0.3) is 0 Å². The van der Waals surface area contributed by atoms with Gasteiger partial charge >= 0.3 is 0 Å². The number of hydrogen-bond donors (Lipinski definition) is 0. The number of anilines is 1. The highest BCUT2D eigenvalue weighted by Gasteiger charge is 2.38. The van der Waals surface area contributed by atoms with E-state index >= 15 is 0 Å². The average molecular weight is 500 g/mol. The number of aromatic nitrogens is 2. The Morgan fingerprint density at radius 1 is 0.955 bits per heavy atom. The van der Waals surface area contributed by atoms with E-state index in [1.807, 2.05) is 12.1 Å². The Kier molecular flexibility index (Phi) is 6.28. The van der Waals surface area contributed by atoms with Crippen LogP contribution in [0.4, 0.5) is 14.6 Å². The molecule has 0 bridgehead atoms. The summed E-state index contributed by atoms with van der Waals surface area (Å²) in [5.41, 5.74) is 0. The minimum atomic E-state index is -2.56. The molecule has 3 rings (SSSR count). The van der Waals surface area contributed by atoms with Gasteiger partial charge in [0, 0.05) is 34.3 Å². The molecule has 0 unspecified atom stereocenters. The van der Waals surface area contributed by atoms with Crippen LogP contribution in [0.1, 0.15) is 6.42 Å². The number of rotatable bonds is 1. The molecule has 3 heterocycles. The molecule has 1 aliphatic heterocycles. The van der Waals surface area contributed by atoms with E-state index in [1.165, 1.54) is 0 Å². The summed E-state index contributed by atoms with van der Waals surface area (Å²) in [4.78, 5) is 9.62. The van der Waals surface area contributed by atoms with Crippen LogP contribution in [0.3, 0.4) is 0 Å². The van der Waals surface area contributed by atoms with E-state index in [4.69, 9.17) is 0 Å². The summed E-state index contributed by atoms with van der Waals surface area (Å²) in [5, 5.41) is 0. The van der Waals surface area contributed by atoms with Gasteiger partial charge in [0.2, 0.25) is 0 Å². The molecule has 0 N–H and O–H groups in total. The summed E-state index contributed by atoms with van der Waals surface area (Å²) in [6.45, 7) is 0.156. The zero-order valence-electron chi connectivity index (χ0n) is 11.3. The highest BCUT2D eigenvalue weighted by Crippen LogP contribution is 2.29. The smallest absolute Gasteiger partial charge is 0.266 e. The zero-order valence-corrected chi connectivity index (χ0v) is 16.1. The Balaban J connectivity index is 0.000000188. The summed E-state index contributed by atoms with van der Waals surface area (Å²) in [7, 11) is 0. The van der Waals surface area contributed by atoms with E-state index < -0.39 is 5.92 Å². The molecular formula is C14H12Br3F2N3. The number of nitrogens with zero attached hydrogens (tertiary/aromatic N) is 3. The van der Waals surface area contributed by atoms with Crippen molar-refractivity contribution in [3.63, 3.8) is 0 Å². The quantitative estimate of drug-likeness (QED) is 0.499. The largest absolute Gasteiger partial charge is 0.350 e. The molecule has 1 fully saturated rings. The molecule has 8 heteroatoms. The SMILES string of the molecule is Brc1ccc(Br)nc1.FC1(F)CCN(c2ccc(Br)cn2)C1. The first-order valence-corrected chi connectivity index (χ1v) is 8.75. The van der Waals surface area contributed by atoms with Crippen LogP contribution in [0.15, 0.2) is 50.2 Å². The van der Waals surface area contributed by atoms with Crippen molar-refractivity contribution in [1.29, 1.82) is 0 Å². The predicted molar refractivity (Wildman–Crippen MR) is 93.4 cm³/mol. The third kappa shape index (κ3) is 5.55. The van der Waals surface area contributed by atoms with Gasteiger partial charge in [-0.25, -0.2) is 18.7 Å². The van der Waals surface area contributed by atoms with Gasteiger partial charge in [0.25, 0.3) is 5.92 Å². The minimum absolute atomic E-state index is 0.0786. The van der Waals surface area contributed by atoms with Gasteiger partial charge < -0.3 is 4.90 Å². The second-order valence-corrected chi connectivity index (χ2v) is 7.31. The molecule has 0 saturated carbocycles. The Labute approximate surface area is 152 Å². The van der Waals surface area contributed by atoms with Gasteiger partial charge in [-0.1, -0.05) is 0 Å². The van der Waals surface area contributed by atoms with Crippen molar-refractivity contribution in [3.8, 4) is 0 Å². The molecule has 0 aliphatic carbocycles. The maximum absolute atomic E-state index is 12.9. The van der Waals surface area contributed by atoms with Gasteiger partial charge in [-0.15, -0.1) is 0 Å². The molecule has 0 radical (unpaired) electrons. The molecule has 1 aliphatic rings. The van der Waals surface area contributed by atoms with Crippen molar-refractivity contribution in [2.45, 2.75) is 12.3 Å². The second-order valence-electron chi connectivity index (χ2n) is 4.66. The van der Waals surface area contributed by atoms with Crippen LogP contribution in [0.2, 0.25) is 0 Å². The molecule has 0 aromatic carbocycles. The topological polar surface area (TPSA) is 29.0 Å². The molecule has 0 amide bonds. The standard InChI is InChI=1S/C9H9BrF2N2.C5H3Br2N/c10-7-1-2-8(13-5-7)14-4-3-9(11,12)6-14;6-4-1-2-5(7)8-3-4/h1-2,5H,3-4,6H2;1-3H. The summed E-state index contributed by atoms with van der Waals surface area (Å²) in [5.74, 6) is -1.94. The monoisotopic (exact) mass is 497 g/mol. The molecule has 0 spiro atoms. The number of hydrogen-bond acceptors (Lipinski definition) is 3. The minimum Gasteiger partial charge on any atom is -0.350 e. The molecule has 2 aromatic rings. The van der Waals surface area contributed by atoms with E-state index in [0.717, 1.165) is 13.5 Å². The third-order valence-corrected chi connectivity index (χ3v) is 4.30. The lowest BCUT2D eigenvalue weighted by Gasteiger charge is -2.16. The van der Waals surface area contributed by atoms with Gasteiger partial charge in [-0.3, -0.25) is 0 Å². The van der Waals surface area contributed by atoms with Crippen molar-refractivity contribution in [1.82, 2.24) is 9.97 Å². The van der Waals surface area contributed by atoms with E-state index in [0.29, 0.717) is 12.4 Å². The van der Waals surface area contributed by atoms with Gasteiger partial charge in [0.05, 0.1) is 6.54 Å². The lowest BCUT2D eigenvalue weighted by atomic mass is 10.3. The maximum Gasteiger partial charge on any atom is 0.266 e. The number of pyridine rings is 2. The molecule has 3 nitrogen and oxygen atoms in total. The van der Waals surface area contributed by atoms with Crippen molar-refractivity contribution >= 4 is 53.6 Å². The third-order valence-electron chi connectivity index (χ3n) is 2.90. The van der Waals surface area contributed by atoms with Crippen molar-refractivity contribution in [2.24, 2.45) is 0 Å². The van der Waals surface area contributed by atoms with Crippen LogP contribution in [0, 0.1) is 0 Å². The highest BCUT2D eigenvalue weighted by atomic mass is 79.9. The van der Waals surface area contributed by atoms with Crippen LogP contribution >= 0.6 is 47.8 Å². The fourth-order valence-electron chi connectivity index (χ4n) is 1.84. The Morgan fingerprint density at radius 2 is 1.59 bits per heavy atom. The summed E-state index contributed by atoms with van der Waals surface area (Å²) in [6, 6.07) is 7.35.